The molecule has 1 aliphatic carbocycles. The molecule has 0 unspecified atom stereocenters. The lowest BCUT2D eigenvalue weighted by Crippen LogP contribution is -2.04. The summed E-state index contributed by atoms with van der Waals surface area (Å²) in [7, 11) is 1.64. The maximum absolute atomic E-state index is 5.39. The van der Waals surface area contributed by atoms with Crippen molar-refractivity contribution in [3.8, 4) is 28.4 Å². The summed E-state index contributed by atoms with van der Waals surface area (Å²) in [4.78, 5) is 4.48. The van der Waals surface area contributed by atoms with Gasteiger partial charge in [-0.25, -0.2) is 0 Å². The van der Waals surface area contributed by atoms with Crippen LogP contribution in [-0.2, 0) is 5.75 Å². The van der Waals surface area contributed by atoms with E-state index in [-0.39, 0.29) is 0 Å². The number of aromatic nitrogens is 4. The summed E-state index contributed by atoms with van der Waals surface area (Å²) in [5, 5.41) is 13.7. The summed E-state index contributed by atoms with van der Waals surface area (Å²) in [6, 6.07) is 20.4. The average molecular weight is 459 g/mol. The van der Waals surface area contributed by atoms with Gasteiger partial charge in [-0.3, -0.25) is 0 Å². The minimum absolute atomic E-state index is 0.535. The Kier molecular flexibility index (Phi) is 6.67. The van der Waals surface area contributed by atoms with Crippen LogP contribution in [-0.4, -0.2) is 27.4 Å². The Morgan fingerprint density at radius 2 is 1.64 bits per heavy atom. The molecule has 0 N–H and O–H groups in total. The first-order valence-corrected chi connectivity index (χ1v) is 12.3. The van der Waals surface area contributed by atoms with Crippen molar-refractivity contribution in [3.05, 3.63) is 72.1 Å². The Bertz CT molecular complexity index is 1170. The van der Waals surface area contributed by atoms with Crippen molar-refractivity contribution in [3.63, 3.8) is 0 Å². The second-order valence-corrected chi connectivity index (χ2v) is 9.24. The molecule has 1 aliphatic rings. The molecular formula is C26H26N4O2S. The zero-order valence-corrected chi connectivity index (χ0v) is 19.4. The van der Waals surface area contributed by atoms with E-state index in [0.717, 1.165) is 27.6 Å². The standard InChI is InChI=1S/C26H26N4O2S/c1-31-22-13-11-21(12-14-22)26-27-24(32-30-26)17-33-25-16-15-23(28-29-25)20-9-7-19(8-10-20)18-5-3-2-4-6-18/h7-16,18H,2-6,17H2,1H3. The van der Waals surface area contributed by atoms with Gasteiger partial charge in [0, 0.05) is 11.1 Å². The Morgan fingerprint density at radius 3 is 2.33 bits per heavy atom. The first-order valence-electron chi connectivity index (χ1n) is 11.3. The molecular weight excluding hydrogens is 432 g/mol. The molecule has 0 bridgehead atoms. The van der Waals surface area contributed by atoms with E-state index in [0.29, 0.717) is 23.4 Å². The Balaban J connectivity index is 1.18. The Morgan fingerprint density at radius 1 is 0.879 bits per heavy atom. The fourth-order valence-corrected chi connectivity index (χ4v) is 4.87. The fourth-order valence-electron chi connectivity index (χ4n) is 4.22. The molecule has 33 heavy (non-hydrogen) atoms. The van der Waals surface area contributed by atoms with Crippen LogP contribution < -0.4 is 4.74 Å². The van der Waals surface area contributed by atoms with Crippen LogP contribution in [0, 0.1) is 0 Å². The topological polar surface area (TPSA) is 73.9 Å². The Labute approximate surface area is 197 Å². The fraction of sp³-hybridized carbons (Fsp3) is 0.308. The molecule has 2 aromatic carbocycles. The van der Waals surface area contributed by atoms with Crippen molar-refractivity contribution in [2.45, 2.75) is 48.8 Å². The number of methoxy groups -OCH3 is 1. The summed E-state index contributed by atoms with van der Waals surface area (Å²) in [5.41, 5.74) is 4.32. The normalized spacial score (nSPS) is 14.3. The molecule has 2 heterocycles. The van der Waals surface area contributed by atoms with Crippen LogP contribution in [0.5, 0.6) is 5.75 Å². The third-order valence-electron chi connectivity index (χ3n) is 6.08. The number of rotatable bonds is 7. The average Bonchev–Trinajstić information content (AvgIpc) is 3.38. The summed E-state index contributed by atoms with van der Waals surface area (Å²) >= 11 is 1.52. The molecule has 1 saturated carbocycles. The smallest absolute Gasteiger partial charge is 0.237 e. The van der Waals surface area contributed by atoms with E-state index in [1.807, 2.05) is 36.4 Å². The SMILES string of the molecule is COc1ccc(-c2noc(CSc3ccc(-c4ccc(C5CCCCC5)cc4)nn3)n2)cc1. The molecule has 5 rings (SSSR count). The van der Waals surface area contributed by atoms with Gasteiger partial charge in [0.05, 0.1) is 18.6 Å². The van der Waals surface area contributed by atoms with Gasteiger partial charge >= 0.3 is 0 Å². The molecule has 2 aromatic heterocycles. The van der Waals surface area contributed by atoms with Gasteiger partial charge in [-0.1, -0.05) is 60.4 Å². The van der Waals surface area contributed by atoms with Gasteiger partial charge in [0.15, 0.2) is 0 Å². The van der Waals surface area contributed by atoms with Crippen molar-refractivity contribution >= 4 is 11.8 Å². The lowest BCUT2D eigenvalue weighted by Gasteiger charge is -2.22. The highest BCUT2D eigenvalue weighted by molar-refractivity contribution is 7.98. The lowest BCUT2D eigenvalue weighted by molar-refractivity contribution is 0.391. The van der Waals surface area contributed by atoms with Gasteiger partial charge in [-0.15, -0.1) is 10.2 Å². The monoisotopic (exact) mass is 458 g/mol. The highest BCUT2D eigenvalue weighted by Gasteiger charge is 2.15. The number of nitrogens with zero attached hydrogens (tertiary/aromatic N) is 4. The van der Waals surface area contributed by atoms with E-state index in [4.69, 9.17) is 9.26 Å². The van der Waals surface area contributed by atoms with Gasteiger partial charge in [-0.2, -0.15) is 4.98 Å². The van der Waals surface area contributed by atoms with Crippen LogP contribution in [0.1, 0.15) is 49.5 Å². The number of hydrogen-bond donors (Lipinski definition) is 0. The molecule has 4 aromatic rings. The van der Waals surface area contributed by atoms with Crippen LogP contribution in [0.4, 0.5) is 0 Å². The second-order valence-electron chi connectivity index (χ2n) is 8.24. The van der Waals surface area contributed by atoms with E-state index in [2.05, 4.69) is 44.6 Å². The molecule has 168 valence electrons. The largest absolute Gasteiger partial charge is 0.497 e. The lowest BCUT2D eigenvalue weighted by atomic mass is 9.84. The van der Waals surface area contributed by atoms with E-state index >= 15 is 0 Å². The zero-order chi connectivity index (χ0) is 22.5. The summed E-state index contributed by atoms with van der Waals surface area (Å²) in [5.74, 6) is 3.15. The number of thioether (sulfide) groups is 1. The van der Waals surface area contributed by atoms with Crippen molar-refractivity contribution in [2.75, 3.05) is 7.11 Å². The first kappa shape index (κ1) is 21.6. The molecule has 0 spiro atoms. The summed E-state index contributed by atoms with van der Waals surface area (Å²) < 4.78 is 10.6. The van der Waals surface area contributed by atoms with Crippen molar-refractivity contribution in [2.24, 2.45) is 0 Å². The third-order valence-corrected chi connectivity index (χ3v) is 6.99. The highest BCUT2D eigenvalue weighted by atomic mass is 32.2. The van der Waals surface area contributed by atoms with Crippen molar-refractivity contribution in [1.29, 1.82) is 0 Å². The summed E-state index contributed by atoms with van der Waals surface area (Å²) in [6.07, 6.45) is 6.71. The summed E-state index contributed by atoms with van der Waals surface area (Å²) in [6.45, 7) is 0. The van der Waals surface area contributed by atoms with Crippen molar-refractivity contribution in [1.82, 2.24) is 20.3 Å². The maximum atomic E-state index is 5.39. The predicted molar refractivity (Wildman–Crippen MR) is 129 cm³/mol. The third kappa shape index (κ3) is 5.25. The first-order chi connectivity index (χ1) is 16.3. The molecule has 0 saturated heterocycles. The van der Waals surface area contributed by atoms with Crippen LogP contribution >= 0.6 is 11.8 Å². The van der Waals surface area contributed by atoms with Gasteiger partial charge in [0.2, 0.25) is 11.7 Å². The van der Waals surface area contributed by atoms with Crippen LogP contribution in [0.15, 0.2) is 70.2 Å². The number of ether oxygens (including phenoxy) is 1. The number of hydrogen-bond acceptors (Lipinski definition) is 7. The molecule has 0 aliphatic heterocycles. The van der Waals surface area contributed by atoms with E-state index < -0.39 is 0 Å². The molecule has 0 atom stereocenters. The zero-order valence-electron chi connectivity index (χ0n) is 18.6. The van der Waals surface area contributed by atoms with Gasteiger partial charge in [-0.05, 0) is 60.7 Å². The molecule has 0 radical (unpaired) electrons. The van der Waals surface area contributed by atoms with E-state index in [1.54, 1.807) is 7.11 Å². The Hall–Kier alpha value is -3.19. The predicted octanol–water partition coefficient (Wildman–Crippen LogP) is 6.54. The van der Waals surface area contributed by atoms with E-state index in [1.165, 1.54) is 49.4 Å². The molecule has 1 fully saturated rings. The van der Waals surface area contributed by atoms with Crippen LogP contribution in [0.3, 0.4) is 0 Å². The van der Waals surface area contributed by atoms with E-state index in [9.17, 15) is 0 Å². The van der Waals surface area contributed by atoms with Gasteiger partial charge < -0.3 is 9.26 Å². The quantitative estimate of drug-likeness (QED) is 0.291. The van der Waals surface area contributed by atoms with Crippen LogP contribution in [0.25, 0.3) is 22.6 Å². The minimum Gasteiger partial charge on any atom is -0.497 e. The van der Waals surface area contributed by atoms with Crippen LogP contribution in [0.2, 0.25) is 0 Å². The highest BCUT2D eigenvalue weighted by Crippen LogP contribution is 2.33. The maximum Gasteiger partial charge on any atom is 0.237 e. The van der Waals surface area contributed by atoms with Gasteiger partial charge in [0.1, 0.15) is 10.8 Å². The number of benzene rings is 2. The molecule has 7 heteroatoms. The molecule has 0 amide bonds. The molecule has 6 nitrogen and oxygen atoms in total. The second kappa shape index (κ2) is 10.2. The van der Waals surface area contributed by atoms with Crippen molar-refractivity contribution < 1.29 is 9.26 Å². The van der Waals surface area contributed by atoms with Gasteiger partial charge in [0.25, 0.3) is 0 Å². The minimum atomic E-state index is 0.535.